The van der Waals surface area contributed by atoms with Gasteiger partial charge in [0.2, 0.25) is 0 Å². The van der Waals surface area contributed by atoms with Crippen LogP contribution in [0, 0.1) is 6.92 Å². The van der Waals surface area contributed by atoms with Gasteiger partial charge in [0, 0.05) is 45.3 Å². The highest BCUT2D eigenvalue weighted by molar-refractivity contribution is 7.84. The number of hydrogen-bond acceptors (Lipinski definition) is 2. The van der Waals surface area contributed by atoms with E-state index in [2.05, 4.69) is 0 Å². The van der Waals surface area contributed by atoms with E-state index in [1.54, 1.807) is 18.8 Å². The summed E-state index contributed by atoms with van der Waals surface area (Å²) in [4.78, 5) is 0.894. The maximum Gasteiger partial charge on any atom is 0.0498 e. The van der Waals surface area contributed by atoms with Gasteiger partial charge in [-0.1, -0.05) is 17.7 Å². The lowest BCUT2D eigenvalue weighted by Crippen LogP contribution is -1.85. The molecule has 1 aromatic carbocycles. The molecule has 0 fully saturated rings. The fourth-order valence-electron chi connectivity index (χ4n) is 0.730. The molecule has 1 unspecified atom stereocenters. The van der Waals surface area contributed by atoms with Crippen LogP contribution in [0.25, 0.3) is 0 Å². The third-order valence-electron chi connectivity index (χ3n) is 1.35. The van der Waals surface area contributed by atoms with E-state index in [0.29, 0.717) is 0 Å². The molecule has 0 N–H and O–H groups in total. The Labute approximate surface area is 90.6 Å². The minimum atomic E-state index is -0.837. The summed E-state index contributed by atoms with van der Waals surface area (Å²) < 4.78 is 20.4. The summed E-state index contributed by atoms with van der Waals surface area (Å²) in [6, 6.07) is 7.73. The smallest absolute Gasteiger partial charge is 0.0498 e. The van der Waals surface area contributed by atoms with Crippen molar-refractivity contribution < 1.29 is 8.42 Å². The van der Waals surface area contributed by atoms with Crippen LogP contribution in [0.15, 0.2) is 29.2 Å². The molecule has 1 rings (SSSR count). The molecule has 0 heterocycles. The first kappa shape index (κ1) is 13.5. The Morgan fingerprint density at radius 2 is 1.29 bits per heavy atom. The summed E-state index contributed by atoms with van der Waals surface area (Å²) in [5.74, 6) is 0. The molecule has 0 aliphatic carbocycles. The van der Waals surface area contributed by atoms with E-state index < -0.39 is 21.6 Å². The fourth-order valence-corrected chi connectivity index (χ4v) is 1.25. The van der Waals surface area contributed by atoms with Crippen molar-refractivity contribution in [3.8, 4) is 0 Å². The zero-order valence-electron chi connectivity index (χ0n) is 8.94. The molecule has 14 heavy (non-hydrogen) atoms. The van der Waals surface area contributed by atoms with Gasteiger partial charge >= 0.3 is 0 Å². The lowest BCUT2D eigenvalue weighted by atomic mass is 10.2. The molecule has 0 amide bonds. The molecule has 0 aromatic heterocycles. The molecular weight excluding hydrogens is 216 g/mol. The van der Waals surface area contributed by atoms with Crippen LogP contribution in [0.4, 0.5) is 0 Å². The van der Waals surface area contributed by atoms with E-state index >= 15 is 0 Å². The maximum atomic E-state index is 10.9. The molecule has 0 saturated carbocycles. The normalized spacial score (nSPS) is 11.8. The van der Waals surface area contributed by atoms with Crippen LogP contribution in [0.3, 0.4) is 0 Å². The second-order valence-electron chi connectivity index (χ2n) is 3.01. The minimum Gasteiger partial charge on any atom is -0.260 e. The predicted molar refractivity (Wildman–Crippen MR) is 63.5 cm³/mol. The zero-order valence-corrected chi connectivity index (χ0v) is 10.6. The zero-order chi connectivity index (χ0) is 11.1. The van der Waals surface area contributed by atoms with E-state index in [1.807, 2.05) is 31.2 Å². The molecule has 0 spiro atoms. The number of hydrogen-bond donors (Lipinski definition) is 0. The first-order chi connectivity index (χ1) is 6.43. The molecule has 4 heteroatoms. The molecule has 80 valence electrons. The summed E-state index contributed by atoms with van der Waals surface area (Å²) in [6.07, 6.45) is 4.96. The SMILES string of the molecule is CS(C)=O.Cc1ccc(S(C)=O)cc1. The molecule has 1 atom stereocenters. The average molecular weight is 232 g/mol. The summed E-state index contributed by atoms with van der Waals surface area (Å²) in [7, 11) is -1.45. The van der Waals surface area contributed by atoms with E-state index in [4.69, 9.17) is 0 Å². The van der Waals surface area contributed by atoms with Crippen LogP contribution < -0.4 is 0 Å². The quantitative estimate of drug-likeness (QED) is 0.739. The van der Waals surface area contributed by atoms with Crippen molar-refractivity contribution in [1.29, 1.82) is 0 Å². The lowest BCUT2D eigenvalue weighted by Gasteiger charge is -1.94. The van der Waals surface area contributed by atoms with Gasteiger partial charge in [-0.05, 0) is 19.1 Å². The van der Waals surface area contributed by atoms with Gasteiger partial charge in [-0.25, -0.2) is 0 Å². The highest BCUT2D eigenvalue weighted by atomic mass is 32.2. The van der Waals surface area contributed by atoms with Crippen molar-refractivity contribution in [3.63, 3.8) is 0 Å². The van der Waals surface area contributed by atoms with Gasteiger partial charge in [-0.2, -0.15) is 0 Å². The number of rotatable bonds is 1. The van der Waals surface area contributed by atoms with Gasteiger partial charge in [-0.3, -0.25) is 8.42 Å². The summed E-state index contributed by atoms with van der Waals surface area (Å²) in [5.41, 5.74) is 1.20. The molecule has 0 radical (unpaired) electrons. The van der Waals surface area contributed by atoms with E-state index in [9.17, 15) is 8.42 Å². The molecule has 2 nitrogen and oxygen atoms in total. The standard InChI is InChI=1S/C8H10OS.C2H6OS/c1-7-3-5-8(6-4-7)10(2)9;1-4(2)3/h3-6H,1-2H3;1-2H3. The van der Waals surface area contributed by atoms with E-state index in [-0.39, 0.29) is 0 Å². The van der Waals surface area contributed by atoms with E-state index in [1.165, 1.54) is 5.56 Å². The van der Waals surface area contributed by atoms with Gasteiger partial charge < -0.3 is 0 Å². The van der Waals surface area contributed by atoms with Gasteiger partial charge in [-0.15, -0.1) is 0 Å². The van der Waals surface area contributed by atoms with Crippen molar-refractivity contribution in [1.82, 2.24) is 0 Å². The molecule has 0 aliphatic heterocycles. The minimum absolute atomic E-state index is 0.611. The lowest BCUT2D eigenvalue weighted by molar-refractivity contribution is 0.686. The Morgan fingerprint density at radius 3 is 1.57 bits per heavy atom. The molecule has 0 bridgehead atoms. The predicted octanol–water partition coefficient (Wildman–Crippen LogP) is 1.73. The second-order valence-corrected chi connectivity index (χ2v) is 5.87. The van der Waals surface area contributed by atoms with Crippen LogP contribution in [0.5, 0.6) is 0 Å². The Bertz CT molecular complexity index is 313. The Balaban J connectivity index is 0.000000364. The first-order valence-corrected chi connectivity index (χ1v) is 7.61. The van der Waals surface area contributed by atoms with Gasteiger partial charge in [0.25, 0.3) is 0 Å². The van der Waals surface area contributed by atoms with Crippen LogP contribution in [0.1, 0.15) is 5.56 Å². The number of aryl methyl sites for hydroxylation is 1. The average Bonchev–Trinajstić information content (AvgIpc) is 2.03. The molecule has 0 saturated heterocycles. The van der Waals surface area contributed by atoms with Gasteiger partial charge in [0.1, 0.15) is 0 Å². The van der Waals surface area contributed by atoms with Crippen molar-refractivity contribution in [2.75, 3.05) is 18.8 Å². The summed E-state index contributed by atoms with van der Waals surface area (Å²) in [6.45, 7) is 2.02. The Hall–Kier alpha value is -0.480. The maximum absolute atomic E-state index is 10.9. The van der Waals surface area contributed by atoms with Crippen molar-refractivity contribution in [3.05, 3.63) is 29.8 Å². The third kappa shape index (κ3) is 6.97. The molecular formula is C10H16O2S2. The molecule has 0 aliphatic rings. The van der Waals surface area contributed by atoms with Gasteiger partial charge in [0.15, 0.2) is 0 Å². The van der Waals surface area contributed by atoms with Crippen molar-refractivity contribution >= 4 is 21.6 Å². The van der Waals surface area contributed by atoms with Crippen LogP contribution in [-0.2, 0) is 21.6 Å². The second kappa shape index (κ2) is 6.90. The first-order valence-electron chi connectivity index (χ1n) is 4.08. The summed E-state index contributed by atoms with van der Waals surface area (Å²) >= 11 is 0. The largest absolute Gasteiger partial charge is 0.260 e. The Morgan fingerprint density at radius 1 is 0.929 bits per heavy atom. The monoisotopic (exact) mass is 232 g/mol. The summed E-state index contributed by atoms with van der Waals surface area (Å²) in [5, 5.41) is 0. The highest BCUT2D eigenvalue weighted by Gasteiger charge is 1.93. The molecule has 1 aromatic rings. The topological polar surface area (TPSA) is 34.1 Å². The van der Waals surface area contributed by atoms with Crippen molar-refractivity contribution in [2.24, 2.45) is 0 Å². The highest BCUT2D eigenvalue weighted by Crippen LogP contribution is 2.05. The van der Waals surface area contributed by atoms with Crippen LogP contribution >= 0.6 is 0 Å². The van der Waals surface area contributed by atoms with Crippen molar-refractivity contribution in [2.45, 2.75) is 11.8 Å². The van der Waals surface area contributed by atoms with E-state index in [0.717, 1.165) is 4.90 Å². The Kier molecular flexibility index (Phi) is 6.66. The third-order valence-corrected chi connectivity index (χ3v) is 2.29. The number of benzene rings is 1. The fraction of sp³-hybridized carbons (Fsp3) is 0.400. The van der Waals surface area contributed by atoms with Gasteiger partial charge in [0.05, 0.1) is 0 Å². The van der Waals surface area contributed by atoms with Crippen LogP contribution in [0.2, 0.25) is 0 Å². The van der Waals surface area contributed by atoms with Crippen LogP contribution in [-0.4, -0.2) is 27.2 Å².